The molecule has 0 amide bonds. The van der Waals surface area contributed by atoms with Gasteiger partial charge in [0.2, 0.25) is 3.79 Å². The molecule has 4 heteroatoms. The molecule has 0 unspecified atom stereocenters. The number of benzene rings is 1. The largest absolute Gasteiger partial charge is 0.384 e. The average Bonchev–Trinajstić information content (AvgIpc) is 2.01. The number of rotatable bonds is 1. The Morgan fingerprint density at radius 2 is 1.92 bits per heavy atom. The van der Waals surface area contributed by atoms with E-state index in [2.05, 4.69) is 0 Å². The molecule has 0 bridgehead atoms. The monoisotopic (exact) mass is 238 g/mol. The SMILES string of the molecule is Cc1cccc([C@H](O)C(Cl)(Cl)Cl)c1. The van der Waals surface area contributed by atoms with Crippen molar-refractivity contribution in [2.24, 2.45) is 0 Å². The fourth-order valence-electron chi connectivity index (χ4n) is 1.03. The second-order valence-corrected chi connectivity index (χ2v) is 5.23. The molecule has 0 saturated carbocycles. The lowest BCUT2D eigenvalue weighted by Gasteiger charge is -2.19. The quantitative estimate of drug-likeness (QED) is 0.745. The van der Waals surface area contributed by atoms with Crippen LogP contribution in [0.4, 0.5) is 0 Å². The maximum atomic E-state index is 9.59. The van der Waals surface area contributed by atoms with E-state index in [9.17, 15) is 5.11 Å². The Morgan fingerprint density at radius 1 is 1.31 bits per heavy atom. The smallest absolute Gasteiger partial charge is 0.220 e. The molecule has 1 rings (SSSR count). The first-order valence-corrected chi connectivity index (χ1v) is 4.86. The zero-order valence-electron chi connectivity index (χ0n) is 6.97. The minimum Gasteiger partial charge on any atom is -0.384 e. The van der Waals surface area contributed by atoms with Gasteiger partial charge in [0.05, 0.1) is 0 Å². The summed E-state index contributed by atoms with van der Waals surface area (Å²) in [6.45, 7) is 1.91. The standard InChI is InChI=1S/C9H9Cl3O/c1-6-3-2-4-7(5-6)8(13)9(10,11)12/h2-5,8,13H,1H3/t8-/m0/s1. The molecule has 0 aliphatic carbocycles. The maximum Gasteiger partial charge on any atom is 0.220 e. The van der Waals surface area contributed by atoms with E-state index in [1.807, 2.05) is 19.1 Å². The Labute approximate surface area is 92.2 Å². The zero-order valence-corrected chi connectivity index (χ0v) is 9.24. The highest BCUT2D eigenvalue weighted by Gasteiger charge is 2.31. The van der Waals surface area contributed by atoms with Gasteiger partial charge >= 0.3 is 0 Å². The van der Waals surface area contributed by atoms with Crippen LogP contribution < -0.4 is 0 Å². The van der Waals surface area contributed by atoms with Crippen LogP contribution in [-0.2, 0) is 0 Å². The first-order chi connectivity index (χ1) is 5.91. The highest BCUT2D eigenvalue weighted by molar-refractivity contribution is 6.68. The Bertz CT molecular complexity index is 293. The molecule has 0 spiro atoms. The molecule has 1 nitrogen and oxygen atoms in total. The minimum absolute atomic E-state index is 0.611. The van der Waals surface area contributed by atoms with E-state index in [1.54, 1.807) is 12.1 Å². The van der Waals surface area contributed by atoms with E-state index >= 15 is 0 Å². The number of alkyl halides is 3. The van der Waals surface area contributed by atoms with Crippen molar-refractivity contribution in [3.8, 4) is 0 Å². The minimum atomic E-state index is -1.67. The first-order valence-electron chi connectivity index (χ1n) is 3.72. The van der Waals surface area contributed by atoms with E-state index in [-0.39, 0.29) is 0 Å². The lowest BCUT2D eigenvalue weighted by molar-refractivity contribution is 0.182. The summed E-state index contributed by atoms with van der Waals surface area (Å²) < 4.78 is -1.67. The van der Waals surface area contributed by atoms with Gasteiger partial charge in [0.1, 0.15) is 6.10 Å². The molecule has 0 aliphatic rings. The van der Waals surface area contributed by atoms with Crippen molar-refractivity contribution in [3.05, 3.63) is 35.4 Å². The van der Waals surface area contributed by atoms with Crippen molar-refractivity contribution in [2.45, 2.75) is 16.8 Å². The molecule has 1 N–H and O–H groups in total. The Hall–Kier alpha value is 0.0500. The van der Waals surface area contributed by atoms with Gasteiger partial charge in [-0.05, 0) is 12.5 Å². The van der Waals surface area contributed by atoms with Crippen LogP contribution in [-0.4, -0.2) is 8.90 Å². The second kappa shape index (κ2) is 4.05. The molecule has 0 radical (unpaired) electrons. The summed E-state index contributed by atoms with van der Waals surface area (Å²) in [7, 11) is 0. The van der Waals surface area contributed by atoms with E-state index in [4.69, 9.17) is 34.8 Å². The molecular formula is C9H9Cl3O. The second-order valence-electron chi connectivity index (χ2n) is 2.86. The molecule has 0 aromatic heterocycles. The fourth-order valence-corrected chi connectivity index (χ4v) is 1.41. The van der Waals surface area contributed by atoms with Crippen molar-refractivity contribution < 1.29 is 5.11 Å². The van der Waals surface area contributed by atoms with Crippen molar-refractivity contribution in [3.63, 3.8) is 0 Å². The van der Waals surface area contributed by atoms with Crippen molar-refractivity contribution in [2.75, 3.05) is 0 Å². The van der Waals surface area contributed by atoms with Gasteiger partial charge in [-0.15, -0.1) is 0 Å². The van der Waals surface area contributed by atoms with Crippen LogP contribution in [0.1, 0.15) is 17.2 Å². The van der Waals surface area contributed by atoms with Crippen LogP contribution in [0.25, 0.3) is 0 Å². The molecule has 1 atom stereocenters. The molecule has 1 aromatic carbocycles. The third-order valence-electron chi connectivity index (χ3n) is 1.67. The van der Waals surface area contributed by atoms with E-state index in [1.165, 1.54) is 0 Å². The molecular weight excluding hydrogens is 230 g/mol. The van der Waals surface area contributed by atoms with E-state index < -0.39 is 9.90 Å². The Balaban J connectivity index is 2.96. The summed E-state index contributed by atoms with van der Waals surface area (Å²) in [5, 5.41) is 9.59. The lowest BCUT2D eigenvalue weighted by atomic mass is 10.1. The number of halogens is 3. The van der Waals surface area contributed by atoms with Gasteiger partial charge < -0.3 is 5.11 Å². The number of hydrogen-bond donors (Lipinski definition) is 1. The molecule has 0 heterocycles. The van der Waals surface area contributed by atoms with Gasteiger partial charge in [0.15, 0.2) is 0 Å². The summed E-state index contributed by atoms with van der Waals surface area (Å²) in [5.74, 6) is 0. The summed E-state index contributed by atoms with van der Waals surface area (Å²) in [6.07, 6.45) is -1.09. The van der Waals surface area contributed by atoms with Gasteiger partial charge in [-0.1, -0.05) is 64.6 Å². The van der Waals surface area contributed by atoms with E-state index in [0.29, 0.717) is 5.56 Å². The number of aliphatic hydroxyl groups excluding tert-OH is 1. The first kappa shape index (κ1) is 11.1. The van der Waals surface area contributed by atoms with Crippen molar-refractivity contribution in [1.82, 2.24) is 0 Å². The topological polar surface area (TPSA) is 20.2 Å². The summed E-state index contributed by atoms with van der Waals surface area (Å²) >= 11 is 16.7. The maximum absolute atomic E-state index is 9.59. The van der Waals surface area contributed by atoms with Crippen LogP contribution in [0.5, 0.6) is 0 Å². The average molecular weight is 240 g/mol. The van der Waals surface area contributed by atoms with Gasteiger partial charge in [-0.2, -0.15) is 0 Å². The molecule has 0 fully saturated rings. The number of hydrogen-bond acceptors (Lipinski definition) is 1. The fraction of sp³-hybridized carbons (Fsp3) is 0.333. The Kier molecular flexibility index (Phi) is 3.47. The third-order valence-corrected chi connectivity index (χ3v) is 2.29. The summed E-state index contributed by atoms with van der Waals surface area (Å²) in [4.78, 5) is 0. The van der Waals surface area contributed by atoms with Crippen LogP contribution >= 0.6 is 34.8 Å². The molecule has 0 aliphatic heterocycles. The van der Waals surface area contributed by atoms with Gasteiger partial charge in [-0.25, -0.2) is 0 Å². The van der Waals surface area contributed by atoms with Gasteiger partial charge in [-0.3, -0.25) is 0 Å². The normalized spacial score (nSPS) is 14.2. The molecule has 0 saturated heterocycles. The van der Waals surface area contributed by atoms with Crippen LogP contribution in [0.2, 0.25) is 0 Å². The Morgan fingerprint density at radius 3 is 2.38 bits per heavy atom. The number of aliphatic hydroxyl groups is 1. The van der Waals surface area contributed by atoms with Crippen LogP contribution in [0, 0.1) is 6.92 Å². The van der Waals surface area contributed by atoms with Gasteiger partial charge in [0.25, 0.3) is 0 Å². The zero-order chi connectivity index (χ0) is 10.1. The van der Waals surface area contributed by atoms with Crippen molar-refractivity contribution in [1.29, 1.82) is 0 Å². The summed E-state index contributed by atoms with van der Waals surface area (Å²) in [6, 6.07) is 7.23. The molecule has 72 valence electrons. The van der Waals surface area contributed by atoms with Crippen LogP contribution in [0.15, 0.2) is 24.3 Å². The molecule has 13 heavy (non-hydrogen) atoms. The third kappa shape index (κ3) is 3.03. The van der Waals surface area contributed by atoms with Crippen LogP contribution in [0.3, 0.4) is 0 Å². The lowest BCUT2D eigenvalue weighted by Crippen LogP contribution is -2.16. The highest BCUT2D eigenvalue weighted by atomic mass is 35.6. The summed E-state index contributed by atoms with van der Waals surface area (Å²) in [5.41, 5.74) is 1.63. The predicted octanol–water partition coefficient (Wildman–Crippen LogP) is 3.40. The number of aryl methyl sites for hydroxylation is 1. The predicted molar refractivity (Wildman–Crippen MR) is 56.4 cm³/mol. The molecule has 1 aromatic rings. The highest BCUT2D eigenvalue weighted by Crippen LogP contribution is 2.39. The van der Waals surface area contributed by atoms with Gasteiger partial charge in [0, 0.05) is 0 Å². The van der Waals surface area contributed by atoms with Crippen molar-refractivity contribution >= 4 is 34.8 Å². The van der Waals surface area contributed by atoms with E-state index in [0.717, 1.165) is 5.56 Å².